The predicted octanol–water partition coefficient (Wildman–Crippen LogP) is 12.6. The van der Waals surface area contributed by atoms with Crippen molar-refractivity contribution < 1.29 is 0 Å². The van der Waals surface area contributed by atoms with Gasteiger partial charge in [0.1, 0.15) is 0 Å². The summed E-state index contributed by atoms with van der Waals surface area (Å²) in [6.07, 6.45) is 0. The molecule has 7 aromatic carbocycles. The summed E-state index contributed by atoms with van der Waals surface area (Å²) in [4.78, 5) is 10.5. The minimum absolute atomic E-state index is 0.726. The molecule has 0 spiro atoms. The lowest BCUT2D eigenvalue weighted by molar-refractivity contribution is 1.17. The molecule has 0 atom stereocenters. The van der Waals surface area contributed by atoms with Crippen LogP contribution in [0.3, 0.4) is 0 Å². The van der Waals surface area contributed by atoms with Crippen LogP contribution < -0.4 is 0 Å². The molecule has 3 aromatic heterocycles. The molecular weight excluding hydrogens is 627 g/mol. The van der Waals surface area contributed by atoms with Crippen LogP contribution in [0.25, 0.3) is 92.7 Å². The molecule has 0 aliphatic carbocycles. The van der Waals surface area contributed by atoms with E-state index in [1.807, 2.05) is 0 Å². The zero-order valence-corrected chi connectivity index (χ0v) is 27.8. The molecule has 0 N–H and O–H groups in total. The molecule has 0 bridgehead atoms. The molecule has 0 amide bonds. The number of aromatic nitrogens is 3. The van der Waals surface area contributed by atoms with E-state index in [-0.39, 0.29) is 0 Å². The second-order valence-electron chi connectivity index (χ2n) is 12.6. The zero-order chi connectivity index (χ0) is 33.0. The number of nitrogens with zero attached hydrogens (tertiary/aromatic N) is 3. The monoisotopic (exact) mass is 655 g/mol. The van der Waals surface area contributed by atoms with Crippen molar-refractivity contribution in [1.29, 1.82) is 0 Å². The lowest BCUT2D eigenvalue weighted by Crippen LogP contribution is -1.96. The van der Waals surface area contributed by atoms with Gasteiger partial charge in [-0.3, -0.25) is 0 Å². The van der Waals surface area contributed by atoms with Crippen LogP contribution in [-0.2, 0) is 0 Å². The van der Waals surface area contributed by atoms with Gasteiger partial charge in [-0.05, 0) is 70.8 Å². The molecule has 3 nitrogen and oxygen atoms in total. The van der Waals surface area contributed by atoms with Crippen LogP contribution in [-0.4, -0.2) is 14.5 Å². The Bertz CT molecular complexity index is 2800. The minimum atomic E-state index is 0.726. The third-order valence-electron chi connectivity index (χ3n) is 9.63. The van der Waals surface area contributed by atoms with Gasteiger partial charge >= 0.3 is 0 Å². The number of para-hydroxylation sites is 2. The molecular formula is C46H29N3S. The van der Waals surface area contributed by atoms with Crippen LogP contribution in [0.4, 0.5) is 0 Å². The van der Waals surface area contributed by atoms with Crippen molar-refractivity contribution in [3.8, 4) is 50.6 Å². The standard InChI is InChI=1S/C46H29N3S/c1-3-12-30(13-4-1)33-16-11-17-34(28-33)35-24-27-39-42(29-35)50-45-43(31-14-5-2-6-15-31)47-46(48-44(39)45)32-22-25-36(26-23-32)49-40-20-9-7-18-37(40)38-19-8-10-21-41(38)49/h1-29H. The summed E-state index contributed by atoms with van der Waals surface area (Å²) in [7, 11) is 0. The van der Waals surface area contributed by atoms with Gasteiger partial charge in [-0.25, -0.2) is 9.97 Å². The van der Waals surface area contributed by atoms with E-state index in [9.17, 15) is 0 Å². The highest BCUT2D eigenvalue weighted by Crippen LogP contribution is 2.41. The average Bonchev–Trinajstić information content (AvgIpc) is 3.74. The predicted molar refractivity (Wildman–Crippen MR) is 211 cm³/mol. The Morgan fingerprint density at radius 1 is 0.400 bits per heavy atom. The summed E-state index contributed by atoms with van der Waals surface area (Å²) >= 11 is 1.77. The number of hydrogen-bond acceptors (Lipinski definition) is 3. The molecule has 10 rings (SSSR count). The largest absolute Gasteiger partial charge is 0.309 e. The molecule has 0 unspecified atom stereocenters. The Morgan fingerprint density at radius 3 is 1.66 bits per heavy atom. The highest BCUT2D eigenvalue weighted by molar-refractivity contribution is 7.26. The first-order valence-corrected chi connectivity index (χ1v) is 17.6. The summed E-state index contributed by atoms with van der Waals surface area (Å²) in [6.45, 7) is 0. The van der Waals surface area contributed by atoms with Crippen molar-refractivity contribution in [3.63, 3.8) is 0 Å². The number of hydrogen-bond donors (Lipinski definition) is 0. The van der Waals surface area contributed by atoms with Gasteiger partial charge in [-0.1, -0.05) is 127 Å². The summed E-state index contributed by atoms with van der Waals surface area (Å²) in [6, 6.07) is 62.5. The number of benzene rings is 7. The fraction of sp³-hybridized carbons (Fsp3) is 0. The topological polar surface area (TPSA) is 30.7 Å². The summed E-state index contributed by atoms with van der Waals surface area (Å²) in [5.74, 6) is 0.726. The van der Waals surface area contributed by atoms with Crippen molar-refractivity contribution in [2.45, 2.75) is 0 Å². The average molecular weight is 656 g/mol. The lowest BCUT2D eigenvalue weighted by atomic mass is 9.98. The third-order valence-corrected chi connectivity index (χ3v) is 10.8. The van der Waals surface area contributed by atoms with Gasteiger partial charge in [0.25, 0.3) is 0 Å². The van der Waals surface area contributed by atoms with E-state index >= 15 is 0 Å². The van der Waals surface area contributed by atoms with E-state index in [1.165, 1.54) is 48.8 Å². The fourth-order valence-electron chi connectivity index (χ4n) is 7.21. The van der Waals surface area contributed by atoms with Gasteiger partial charge in [0.15, 0.2) is 5.82 Å². The smallest absolute Gasteiger partial charge is 0.160 e. The number of thiophene rings is 1. The maximum Gasteiger partial charge on any atom is 0.160 e. The van der Waals surface area contributed by atoms with Gasteiger partial charge in [-0.15, -0.1) is 11.3 Å². The van der Waals surface area contributed by atoms with E-state index in [1.54, 1.807) is 11.3 Å². The summed E-state index contributed by atoms with van der Waals surface area (Å²) < 4.78 is 4.65. The van der Waals surface area contributed by atoms with E-state index in [2.05, 4.69) is 180 Å². The maximum atomic E-state index is 5.26. The summed E-state index contributed by atoms with van der Waals surface area (Å²) in [5, 5.41) is 3.66. The van der Waals surface area contributed by atoms with E-state index in [0.717, 1.165) is 43.9 Å². The molecule has 0 aliphatic heterocycles. The van der Waals surface area contributed by atoms with Crippen molar-refractivity contribution in [3.05, 3.63) is 176 Å². The van der Waals surface area contributed by atoms with Crippen LogP contribution in [0.1, 0.15) is 0 Å². The number of fused-ring (bicyclic) bond motifs is 6. The Labute approximate surface area is 293 Å². The quantitative estimate of drug-likeness (QED) is 0.185. The number of rotatable bonds is 5. The molecule has 0 saturated carbocycles. The van der Waals surface area contributed by atoms with Gasteiger partial charge < -0.3 is 4.57 Å². The lowest BCUT2D eigenvalue weighted by Gasteiger charge is -2.10. The maximum absolute atomic E-state index is 5.26. The zero-order valence-electron chi connectivity index (χ0n) is 27.0. The Kier molecular flexibility index (Phi) is 6.68. The minimum Gasteiger partial charge on any atom is -0.309 e. The van der Waals surface area contributed by atoms with Gasteiger partial charge in [0.2, 0.25) is 0 Å². The molecule has 0 saturated heterocycles. The van der Waals surface area contributed by atoms with Gasteiger partial charge in [0.05, 0.1) is 26.9 Å². The first-order valence-electron chi connectivity index (χ1n) is 16.8. The Balaban J connectivity index is 1.10. The van der Waals surface area contributed by atoms with Gasteiger partial charge in [0, 0.05) is 37.7 Å². The van der Waals surface area contributed by atoms with Crippen molar-refractivity contribution >= 4 is 53.4 Å². The van der Waals surface area contributed by atoms with E-state index in [4.69, 9.17) is 9.97 Å². The molecule has 0 fully saturated rings. The molecule has 234 valence electrons. The molecule has 0 radical (unpaired) electrons. The second-order valence-corrected chi connectivity index (χ2v) is 13.7. The third kappa shape index (κ3) is 4.73. The molecule has 10 aromatic rings. The normalized spacial score (nSPS) is 11.6. The molecule has 50 heavy (non-hydrogen) atoms. The van der Waals surface area contributed by atoms with Crippen LogP contribution >= 0.6 is 11.3 Å². The van der Waals surface area contributed by atoms with Crippen LogP contribution in [0.15, 0.2) is 176 Å². The van der Waals surface area contributed by atoms with Crippen molar-refractivity contribution in [1.82, 2.24) is 14.5 Å². The molecule has 4 heteroatoms. The van der Waals surface area contributed by atoms with Crippen molar-refractivity contribution in [2.24, 2.45) is 0 Å². The highest BCUT2D eigenvalue weighted by Gasteiger charge is 2.18. The second kappa shape index (κ2) is 11.7. The highest BCUT2D eigenvalue weighted by atomic mass is 32.1. The Hall–Kier alpha value is -6.36. The first-order chi connectivity index (χ1) is 24.8. The molecule has 0 aliphatic rings. The van der Waals surface area contributed by atoms with E-state index in [0.29, 0.717) is 0 Å². The van der Waals surface area contributed by atoms with Crippen molar-refractivity contribution in [2.75, 3.05) is 0 Å². The van der Waals surface area contributed by atoms with E-state index < -0.39 is 0 Å². The van der Waals surface area contributed by atoms with Gasteiger partial charge in [-0.2, -0.15) is 0 Å². The SMILES string of the molecule is c1ccc(-c2cccc(-c3ccc4c(c3)sc3c(-c5ccccc5)nc(-c5ccc(-n6c7ccccc7c7ccccc76)cc5)nc34)c2)cc1. The van der Waals surface area contributed by atoms with Crippen LogP contribution in [0.2, 0.25) is 0 Å². The first kappa shape index (κ1) is 28.6. The fourth-order valence-corrected chi connectivity index (χ4v) is 8.40. The van der Waals surface area contributed by atoms with Crippen LogP contribution in [0, 0.1) is 0 Å². The Morgan fingerprint density at radius 2 is 0.960 bits per heavy atom. The van der Waals surface area contributed by atoms with Crippen LogP contribution in [0.5, 0.6) is 0 Å². The summed E-state index contributed by atoms with van der Waals surface area (Å²) in [5.41, 5.74) is 12.4. The molecule has 3 heterocycles.